The molecule has 4 atom stereocenters. The third kappa shape index (κ3) is 5.91. The number of aliphatic hydroxyl groups is 1. The van der Waals surface area contributed by atoms with Gasteiger partial charge in [0.25, 0.3) is 0 Å². The van der Waals surface area contributed by atoms with Crippen molar-refractivity contribution < 1.29 is 38.7 Å². The van der Waals surface area contributed by atoms with Gasteiger partial charge in [0, 0.05) is 0 Å². The lowest BCUT2D eigenvalue weighted by molar-refractivity contribution is -0.0209. The number of nitrogens with zero attached hydrogens (tertiary/aromatic N) is 2. The summed E-state index contributed by atoms with van der Waals surface area (Å²) in [6, 6.07) is 11.1. The van der Waals surface area contributed by atoms with Gasteiger partial charge in [0.15, 0.2) is 6.10 Å². The summed E-state index contributed by atoms with van der Waals surface area (Å²) < 4.78 is 21.5. The highest BCUT2D eigenvalue weighted by Crippen LogP contribution is 2.29. The molecule has 0 bridgehead atoms. The molecule has 0 aliphatic carbocycles. The molecule has 2 fully saturated rings. The normalized spacial score (nSPS) is 23.6. The lowest BCUT2D eigenvalue weighted by atomic mass is 10.1. The van der Waals surface area contributed by atoms with Crippen molar-refractivity contribution in [2.45, 2.75) is 37.8 Å². The SMILES string of the molecule is CCCOC(=O)c1cc(/C=N/N=C/c2ccc(C(=O)O[C@@H]3COC4C(O)COC43)cc2)ccc1O. The van der Waals surface area contributed by atoms with Crippen molar-refractivity contribution in [1.82, 2.24) is 0 Å². The van der Waals surface area contributed by atoms with Crippen molar-refractivity contribution in [3.05, 3.63) is 64.7 Å². The Balaban J connectivity index is 1.32. The summed E-state index contributed by atoms with van der Waals surface area (Å²) >= 11 is 0. The van der Waals surface area contributed by atoms with Gasteiger partial charge in [0.1, 0.15) is 29.6 Å². The number of carbonyl (C=O) groups is 2. The lowest BCUT2D eigenvalue weighted by Gasteiger charge is -2.16. The highest BCUT2D eigenvalue weighted by atomic mass is 16.6. The minimum atomic E-state index is -0.705. The van der Waals surface area contributed by atoms with E-state index in [4.69, 9.17) is 18.9 Å². The zero-order valence-corrected chi connectivity index (χ0v) is 19.1. The van der Waals surface area contributed by atoms with Crippen LogP contribution in [-0.2, 0) is 18.9 Å². The number of phenols is 1. The molecule has 4 rings (SSSR count). The van der Waals surface area contributed by atoms with Crippen molar-refractivity contribution in [2.75, 3.05) is 19.8 Å². The molecular formula is C25H26N2O8. The Bertz CT molecular complexity index is 1110. The average molecular weight is 482 g/mol. The summed E-state index contributed by atoms with van der Waals surface area (Å²) in [5.74, 6) is -1.28. The summed E-state index contributed by atoms with van der Waals surface area (Å²) in [4.78, 5) is 24.5. The summed E-state index contributed by atoms with van der Waals surface area (Å²) in [6.07, 6.45) is 1.45. The van der Waals surface area contributed by atoms with Crippen LogP contribution in [0, 0.1) is 0 Å². The van der Waals surface area contributed by atoms with Crippen LogP contribution in [0.15, 0.2) is 52.7 Å². The van der Waals surface area contributed by atoms with E-state index in [1.807, 2.05) is 6.92 Å². The molecule has 2 N–H and O–H groups in total. The van der Waals surface area contributed by atoms with Crippen LogP contribution in [0.25, 0.3) is 0 Å². The number of rotatable bonds is 8. The van der Waals surface area contributed by atoms with Crippen molar-refractivity contribution in [1.29, 1.82) is 0 Å². The van der Waals surface area contributed by atoms with Crippen molar-refractivity contribution in [3.63, 3.8) is 0 Å². The smallest absolute Gasteiger partial charge is 0.341 e. The van der Waals surface area contributed by atoms with Crippen molar-refractivity contribution in [2.24, 2.45) is 10.2 Å². The van der Waals surface area contributed by atoms with Crippen molar-refractivity contribution >= 4 is 24.4 Å². The molecular weight excluding hydrogens is 456 g/mol. The van der Waals surface area contributed by atoms with Crippen LogP contribution in [-0.4, -0.2) is 78.8 Å². The standard InChI is InChI=1S/C25H26N2O8/c1-2-9-32-25(31)18-10-16(5-8-19(18)28)12-27-26-11-15-3-6-17(7-4-15)24(30)35-21-14-34-22-20(29)13-33-23(21)22/h3-8,10-12,20-23,28-29H,2,9,13-14H2,1H3/b26-11+,27-12+/t20?,21-,22?,23?/m1/s1. The quantitative estimate of drug-likeness (QED) is 0.332. The Hall–Kier alpha value is -3.60. The molecule has 0 radical (unpaired) electrons. The molecule has 0 amide bonds. The summed E-state index contributed by atoms with van der Waals surface area (Å²) in [7, 11) is 0. The number of aliphatic hydroxyl groups excluding tert-OH is 1. The third-order valence-electron chi connectivity index (χ3n) is 5.54. The van der Waals surface area contributed by atoms with Gasteiger partial charge in [-0.15, -0.1) is 0 Å². The number of fused-ring (bicyclic) bond motifs is 1. The van der Waals surface area contributed by atoms with Gasteiger partial charge in [-0.25, -0.2) is 9.59 Å². The Kier molecular flexibility index (Phi) is 7.86. The minimum absolute atomic E-state index is 0.0595. The summed E-state index contributed by atoms with van der Waals surface area (Å²) in [5.41, 5.74) is 1.70. The Morgan fingerprint density at radius 1 is 1.00 bits per heavy atom. The fraction of sp³-hybridized carbons (Fsp3) is 0.360. The number of phenolic OH excluding ortho intramolecular Hbond substituents is 1. The maximum atomic E-state index is 12.5. The van der Waals surface area contributed by atoms with Gasteiger partial charge in [0.05, 0.1) is 37.8 Å². The molecule has 0 saturated carbocycles. The second kappa shape index (κ2) is 11.2. The van der Waals surface area contributed by atoms with E-state index in [9.17, 15) is 19.8 Å². The molecule has 2 saturated heterocycles. The molecule has 2 aromatic carbocycles. The van der Waals surface area contributed by atoms with Gasteiger partial charge in [-0.3, -0.25) is 0 Å². The maximum absolute atomic E-state index is 12.5. The number of hydrogen-bond acceptors (Lipinski definition) is 10. The highest BCUT2D eigenvalue weighted by Gasteiger charge is 2.49. The molecule has 35 heavy (non-hydrogen) atoms. The molecule has 2 aliphatic rings. The largest absolute Gasteiger partial charge is 0.507 e. The molecule has 0 aromatic heterocycles. The monoisotopic (exact) mass is 482 g/mol. The first-order valence-corrected chi connectivity index (χ1v) is 11.2. The van der Waals surface area contributed by atoms with E-state index in [1.54, 1.807) is 30.3 Å². The number of aromatic hydroxyl groups is 1. The van der Waals surface area contributed by atoms with Crippen LogP contribution in [0.2, 0.25) is 0 Å². The predicted octanol–water partition coefficient (Wildman–Crippen LogP) is 2.10. The first-order valence-electron chi connectivity index (χ1n) is 11.2. The van der Waals surface area contributed by atoms with Crippen LogP contribution in [0.5, 0.6) is 5.75 Å². The van der Waals surface area contributed by atoms with E-state index in [2.05, 4.69) is 10.2 Å². The summed E-state index contributed by atoms with van der Waals surface area (Å²) in [6.45, 7) is 2.50. The van der Waals surface area contributed by atoms with E-state index in [-0.39, 0.29) is 31.1 Å². The topological polar surface area (TPSA) is 136 Å². The zero-order valence-electron chi connectivity index (χ0n) is 19.1. The average Bonchev–Trinajstić information content (AvgIpc) is 3.44. The number of esters is 2. The first-order chi connectivity index (χ1) is 17.0. The fourth-order valence-corrected chi connectivity index (χ4v) is 3.73. The van der Waals surface area contributed by atoms with Gasteiger partial charge < -0.3 is 29.2 Å². The second-order valence-corrected chi connectivity index (χ2v) is 8.13. The number of benzene rings is 2. The molecule has 0 spiro atoms. The van der Waals surface area contributed by atoms with E-state index in [1.165, 1.54) is 24.6 Å². The van der Waals surface area contributed by atoms with E-state index in [0.717, 1.165) is 0 Å². The molecule has 2 heterocycles. The lowest BCUT2D eigenvalue weighted by Crippen LogP contribution is -2.34. The highest BCUT2D eigenvalue weighted by molar-refractivity contribution is 5.95. The Morgan fingerprint density at radius 3 is 2.43 bits per heavy atom. The molecule has 10 nitrogen and oxygen atoms in total. The van der Waals surface area contributed by atoms with E-state index < -0.39 is 36.4 Å². The Morgan fingerprint density at radius 2 is 1.69 bits per heavy atom. The summed E-state index contributed by atoms with van der Waals surface area (Å²) in [5, 5.41) is 27.6. The van der Waals surface area contributed by atoms with Crippen LogP contribution in [0.4, 0.5) is 0 Å². The first kappa shape index (κ1) is 24.5. The second-order valence-electron chi connectivity index (χ2n) is 8.13. The van der Waals surface area contributed by atoms with Gasteiger partial charge in [-0.2, -0.15) is 10.2 Å². The molecule has 184 valence electrons. The zero-order chi connectivity index (χ0) is 24.8. The van der Waals surface area contributed by atoms with Gasteiger partial charge >= 0.3 is 11.9 Å². The predicted molar refractivity (Wildman–Crippen MR) is 125 cm³/mol. The van der Waals surface area contributed by atoms with Crippen molar-refractivity contribution in [3.8, 4) is 5.75 Å². The van der Waals surface area contributed by atoms with E-state index in [0.29, 0.717) is 23.1 Å². The third-order valence-corrected chi connectivity index (χ3v) is 5.54. The van der Waals surface area contributed by atoms with Crippen LogP contribution in [0.1, 0.15) is 45.2 Å². The van der Waals surface area contributed by atoms with Gasteiger partial charge in [-0.05, 0) is 47.9 Å². The molecule has 2 aliphatic heterocycles. The number of hydrogen-bond donors (Lipinski definition) is 2. The van der Waals surface area contributed by atoms with Gasteiger partial charge in [-0.1, -0.05) is 19.1 Å². The fourth-order valence-electron chi connectivity index (χ4n) is 3.73. The number of carbonyl (C=O) groups excluding carboxylic acids is 2. The number of ether oxygens (including phenoxy) is 4. The van der Waals surface area contributed by atoms with E-state index >= 15 is 0 Å². The van der Waals surface area contributed by atoms with Gasteiger partial charge in [0.2, 0.25) is 0 Å². The maximum Gasteiger partial charge on any atom is 0.341 e. The van der Waals surface area contributed by atoms with Crippen LogP contribution < -0.4 is 0 Å². The molecule has 2 aromatic rings. The Labute approximate surface area is 201 Å². The molecule has 10 heteroatoms. The van der Waals surface area contributed by atoms with Crippen LogP contribution >= 0.6 is 0 Å². The van der Waals surface area contributed by atoms with Crippen LogP contribution in [0.3, 0.4) is 0 Å². The minimum Gasteiger partial charge on any atom is -0.507 e. The molecule has 3 unspecified atom stereocenters.